The van der Waals surface area contributed by atoms with Crippen molar-refractivity contribution >= 4 is 0 Å². The summed E-state index contributed by atoms with van der Waals surface area (Å²) in [6.45, 7) is 7.42. The average molecular weight is 238 g/mol. The number of nitrogens with one attached hydrogen (secondary N) is 1. The zero-order valence-electron chi connectivity index (χ0n) is 12.0. The molecule has 2 aliphatic rings. The molecule has 0 atom stereocenters. The largest absolute Gasteiger partial charge is 0.314 e. The molecule has 100 valence electrons. The van der Waals surface area contributed by atoms with Crippen LogP contribution >= 0.6 is 0 Å². The zero-order valence-corrected chi connectivity index (χ0v) is 12.0. The molecule has 2 nitrogen and oxygen atoms in total. The van der Waals surface area contributed by atoms with E-state index in [4.69, 9.17) is 0 Å². The maximum absolute atomic E-state index is 3.64. The Balaban J connectivity index is 1.87. The summed E-state index contributed by atoms with van der Waals surface area (Å²) in [7, 11) is 2.17. The van der Waals surface area contributed by atoms with E-state index in [1.807, 2.05) is 0 Å². The Morgan fingerprint density at radius 2 is 1.71 bits per heavy atom. The molecule has 0 unspecified atom stereocenters. The predicted molar refractivity (Wildman–Crippen MR) is 74.4 cm³/mol. The molecule has 1 heterocycles. The lowest BCUT2D eigenvalue weighted by atomic mass is 9.79. The molecule has 2 rings (SSSR count). The molecule has 1 aliphatic heterocycles. The van der Waals surface area contributed by atoms with Crippen LogP contribution in [-0.2, 0) is 0 Å². The van der Waals surface area contributed by atoms with Crippen LogP contribution in [0.4, 0.5) is 0 Å². The smallest absolute Gasteiger partial charge is 0.0190 e. The van der Waals surface area contributed by atoms with Gasteiger partial charge in [-0.15, -0.1) is 0 Å². The van der Waals surface area contributed by atoms with Crippen LogP contribution in [0.1, 0.15) is 65.2 Å². The average Bonchev–Trinajstić information content (AvgIpc) is 2.67. The van der Waals surface area contributed by atoms with E-state index in [0.717, 1.165) is 0 Å². The number of hydrogen-bond acceptors (Lipinski definition) is 2. The van der Waals surface area contributed by atoms with Crippen LogP contribution in [0, 0.1) is 0 Å². The van der Waals surface area contributed by atoms with E-state index in [2.05, 4.69) is 31.1 Å². The second-order valence-corrected chi connectivity index (χ2v) is 6.74. The summed E-state index contributed by atoms with van der Waals surface area (Å²) in [5.74, 6) is 0. The third-order valence-corrected chi connectivity index (χ3v) is 5.27. The first-order chi connectivity index (χ1) is 8.08. The number of hydrogen-bond donors (Lipinski definition) is 1. The second-order valence-electron chi connectivity index (χ2n) is 6.74. The van der Waals surface area contributed by atoms with Crippen LogP contribution in [-0.4, -0.2) is 36.1 Å². The first kappa shape index (κ1) is 13.4. The Kier molecular flexibility index (Phi) is 4.14. The Morgan fingerprint density at radius 3 is 2.24 bits per heavy atom. The van der Waals surface area contributed by atoms with Crippen molar-refractivity contribution in [2.75, 3.05) is 20.1 Å². The molecule has 2 heteroatoms. The van der Waals surface area contributed by atoms with Gasteiger partial charge in [-0.2, -0.15) is 0 Å². The SMILES string of the molecule is CNC1(CCN2CCCC2(C)C)CCCCC1. The van der Waals surface area contributed by atoms with Gasteiger partial charge in [-0.3, -0.25) is 4.90 Å². The molecular weight excluding hydrogens is 208 g/mol. The molecule has 1 saturated heterocycles. The molecule has 0 aromatic heterocycles. The van der Waals surface area contributed by atoms with Gasteiger partial charge in [0.15, 0.2) is 0 Å². The lowest BCUT2D eigenvalue weighted by molar-refractivity contribution is 0.135. The van der Waals surface area contributed by atoms with Crippen LogP contribution in [0.25, 0.3) is 0 Å². The van der Waals surface area contributed by atoms with Gasteiger partial charge in [-0.1, -0.05) is 19.3 Å². The monoisotopic (exact) mass is 238 g/mol. The molecule has 0 aromatic rings. The van der Waals surface area contributed by atoms with Crippen molar-refractivity contribution in [3.63, 3.8) is 0 Å². The van der Waals surface area contributed by atoms with Crippen LogP contribution < -0.4 is 5.32 Å². The Hall–Kier alpha value is -0.0800. The predicted octanol–water partition coefficient (Wildman–Crippen LogP) is 3.17. The second kappa shape index (κ2) is 5.27. The Bertz CT molecular complexity index is 241. The normalized spacial score (nSPS) is 28.4. The van der Waals surface area contributed by atoms with Crippen molar-refractivity contribution in [2.45, 2.75) is 76.3 Å². The van der Waals surface area contributed by atoms with Gasteiger partial charge >= 0.3 is 0 Å². The van der Waals surface area contributed by atoms with Gasteiger partial charge in [0.2, 0.25) is 0 Å². The summed E-state index contributed by atoms with van der Waals surface area (Å²) in [4.78, 5) is 2.71. The van der Waals surface area contributed by atoms with Crippen molar-refractivity contribution in [3.05, 3.63) is 0 Å². The lowest BCUT2D eigenvalue weighted by Gasteiger charge is -2.40. The number of rotatable bonds is 4. The standard InChI is InChI=1S/C15H30N2/c1-14(2)8-7-12-17(14)13-11-15(16-3)9-5-4-6-10-15/h16H,4-13H2,1-3H3. The highest BCUT2D eigenvalue weighted by molar-refractivity contribution is 4.94. The molecule has 17 heavy (non-hydrogen) atoms. The maximum Gasteiger partial charge on any atom is 0.0190 e. The Labute approximate surface area is 107 Å². The van der Waals surface area contributed by atoms with Crippen LogP contribution in [0.3, 0.4) is 0 Å². The van der Waals surface area contributed by atoms with Crippen molar-refractivity contribution in [1.29, 1.82) is 0 Å². The third-order valence-electron chi connectivity index (χ3n) is 5.27. The van der Waals surface area contributed by atoms with E-state index < -0.39 is 0 Å². The van der Waals surface area contributed by atoms with Gasteiger partial charge < -0.3 is 5.32 Å². The highest BCUT2D eigenvalue weighted by Gasteiger charge is 2.35. The molecule has 0 amide bonds. The van der Waals surface area contributed by atoms with Gasteiger partial charge in [0.05, 0.1) is 0 Å². The minimum atomic E-state index is 0.448. The van der Waals surface area contributed by atoms with Crippen LogP contribution in [0.5, 0.6) is 0 Å². The topological polar surface area (TPSA) is 15.3 Å². The summed E-state index contributed by atoms with van der Waals surface area (Å²) < 4.78 is 0. The minimum Gasteiger partial charge on any atom is -0.314 e. The highest BCUT2D eigenvalue weighted by Crippen LogP contribution is 2.33. The number of likely N-dealkylation sites (tertiary alicyclic amines) is 1. The summed E-state index contributed by atoms with van der Waals surface area (Å²) >= 11 is 0. The first-order valence-corrected chi connectivity index (χ1v) is 7.52. The molecule has 1 aliphatic carbocycles. The van der Waals surface area contributed by atoms with E-state index in [0.29, 0.717) is 11.1 Å². The first-order valence-electron chi connectivity index (χ1n) is 7.52. The van der Waals surface area contributed by atoms with Crippen molar-refractivity contribution in [2.24, 2.45) is 0 Å². The molecule has 0 radical (unpaired) electrons. The summed E-state index contributed by atoms with van der Waals surface area (Å²) in [5, 5.41) is 3.64. The van der Waals surface area contributed by atoms with Crippen molar-refractivity contribution in [1.82, 2.24) is 10.2 Å². The van der Waals surface area contributed by atoms with Crippen LogP contribution in [0.2, 0.25) is 0 Å². The Morgan fingerprint density at radius 1 is 1.00 bits per heavy atom. The summed E-state index contributed by atoms with van der Waals surface area (Å²) in [6.07, 6.45) is 11.2. The quantitative estimate of drug-likeness (QED) is 0.809. The molecule has 1 saturated carbocycles. The van der Waals surface area contributed by atoms with E-state index in [1.165, 1.54) is 64.5 Å². The minimum absolute atomic E-state index is 0.448. The van der Waals surface area contributed by atoms with E-state index in [1.54, 1.807) is 0 Å². The third kappa shape index (κ3) is 3.03. The molecule has 2 fully saturated rings. The van der Waals surface area contributed by atoms with Gasteiger partial charge in [0, 0.05) is 17.6 Å². The van der Waals surface area contributed by atoms with Crippen LogP contribution in [0.15, 0.2) is 0 Å². The van der Waals surface area contributed by atoms with Gasteiger partial charge in [0.25, 0.3) is 0 Å². The summed E-state index contributed by atoms with van der Waals surface area (Å²) in [5.41, 5.74) is 0.903. The number of nitrogens with zero attached hydrogens (tertiary/aromatic N) is 1. The van der Waals surface area contributed by atoms with Gasteiger partial charge in [-0.05, 0) is 59.5 Å². The molecule has 0 spiro atoms. The van der Waals surface area contributed by atoms with E-state index in [9.17, 15) is 0 Å². The maximum atomic E-state index is 3.64. The molecular formula is C15H30N2. The van der Waals surface area contributed by atoms with Gasteiger partial charge in [-0.25, -0.2) is 0 Å². The van der Waals surface area contributed by atoms with Crippen molar-refractivity contribution < 1.29 is 0 Å². The fraction of sp³-hybridized carbons (Fsp3) is 1.00. The lowest BCUT2D eigenvalue weighted by Crippen LogP contribution is -2.49. The fourth-order valence-corrected chi connectivity index (χ4v) is 3.78. The fourth-order valence-electron chi connectivity index (χ4n) is 3.78. The van der Waals surface area contributed by atoms with E-state index in [-0.39, 0.29) is 0 Å². The highest BCUT2D eigenvalue weighted by atomic mass is 15.2. The van der Waals surface area contributed by atoms with Crippen molar-refractivity contribution in [3.8, 4) is 0 Å². The zero-order chi connectivity index (χ0) is 12.4. The molecule has 0 bridgehead atoms. The summed E-state index contributed by atoms with van der Waals surface area (Å²) in [6, 6.07) is 0. The van der Waals surface area contributed by atoms with Gasteiger partial charge in [0.1, 0.15) is 0 Å². The molecule has 1 N–H and O–H groups in total. The molecule has 0 aromatic carbocycles. The van der Waals surface area contributed by atoms with E-state index >= 15 is 0 Å².